The molecule has 0 atom stereocenters. The van der Waals surface area contributed by atoms with E-state index in [2.05, 4.69) is 15.2 Å². The number of halogens is 3. The zero-order valence-corrected chi connectivity index (χ0v) is 17.9. The average molecular weight is 457 g/mol. The van der Waals surface area contributed by atoms with E-state index in [1.807, 2.05) is 11.8 Å². The second-order valence-electron chi connectivity index (χ2n) is 8.69. The molecule has 3 aliphatic rings. The zero-order chi connectivity index (χ0) is 23.2. The second kappa shape index (κ2) is 7.86. The van der Waals surface area contributed by atoms with Crippen molar-refractivity contribution in [1.29, 1.82) is 0 Å². The Labute approximate surface area is 188 Å². The molecule has 3 aromatic rings. The molecule has 7 nitrogen and oxygen atoms in total. The van der Waals surface area contributed by atoms with E-state index in [1.54, 1.807) is 12.1 Å². The Morgan fingerprint density at radius 2 is 1.82 bits per heavy atom. The van der Waals surface area contributed by atoms with Crippen molar-refractivity contribution >= 4 is 5.91 Å². The van der Waals surface area contributed by atoms with E-state index < -0.39 is 17.3 Å². The van der Waals surface area contributed by atoms with Gasteiger partial charge in [-0.05, 0) is 68.5 Å². The predicted molar refractivity (Wildman–Crippen MR) is 112 cm³/mol. The summed E-state index contributed by atoms with van der Waals surface area (Å²) in [5, 5.41) is 8.28. The quantitative estimate of drug-likeness (QED) is 0.578. The smallest absolute Gasteiger partial charge is 0.416 e. The van der Waals surface area contributed by atoms with Crippen LogP contribution in [0, 0.1) is 12.8 Å². The van der Waals surface area contributed by atoms with Crippen LogP contribution in [0.4, 0.5) is 13.2 Å². The molecule has 6 rings (SSSR count). The van der Waals surface area contributed by atoms with E-state index >= 15 is 0 Å². The Morgan fingerprint density at radius 1 is 1.12 bits per heavy atom. The molecule has 1 aliphatic carbocycles. The fourth-order valence-corrected chi connectivity index (χ4v) is 4.79. The standard InChI is InChI=1S/C23H22F3N5O2/c1-15-2-7-19(31-27-9-10-28-31)20(29-15)21(32)30-11-8-16-12-22(30,13-16)14-33-18-5-3-17(4-6-18)23(24,25)26/h2-7,9-10,16H,8,11-14H2,1H3. The molecule has 2 aromatic heterocycles. The van der Waals surface area contributed by atoms with E-state index in [1.165, 1.54) is 29.3 Å². The summed E-state index contributed by atoms with van der Waals surface area (Å²) in [6, 6.07) is 8.20. The predicted octanol–water partition coefficient (Wildman–Crippen LogP) is 4.06. The van der Waals surface area contributed by atoms with Gasteiger partial charge < -0.3 is 9.64 Å². The number of carbonyl (C=O) groups is 1. The molecule has 33 heavy (non-hydrogen) atoms. The van der Waals surface area contributed by atoms with E-state index in [0.717, 1.165) is 31.4 Å². The Hall–Kier alpha value is -3.43. The largest absolute Gasteiger partial charge is 0.491 e. The molecule has 0 N–H and O–H groups in total. The van der Waals surface area contributed by atoms with Gasteiger partial charge in [0.05, 0.1) is 23.5 Å². The molecule has 1 aromatic carbocycles. The third-order valence-electron chi connectivity index (χ3n) is 6.46. The molecule has 2 bridgehead atoms. The number of hydrogen-bond donors (Lipinski definition) is 0. The van der Waals surface area contributed by atoms with Crippen molar-refractivity contribution in [2.45, 2.75) is 37.9 Å². The lowest BCUT2D eigenvalue weighted by atomic mass is 9.63. The summed E-state index contributed by atoms with van der Waals surface area (Å²) in [7, 11) is 0. The minimum absolute atomic E-state index is 0.210. The molecule has 1 amide bonds. The lowest BCUT2D eigenvalue weighted by Gasteiger charge is -2.58. The van der Waals surface area contributed by atoms with Gasteiger partial charge in [0, 0.05) is 12.2 Å². The summed E-state index contributed by atoms with van der Waals surface area (Å²) in [5.41, 5.74) is 0.230. The van der Waals surface area contributed by atoms with Crippen LogP contribution in [-0.4, -0.2) is 49.5 Å². The monoisotopic (exact) mass is 457 g/mol. The first-order valence-corrected chi connectivity index (χ1v) is 10.7. The molecule has 0 radical (unpaired) electrons. The number of alkyl halides is 3. The highest BCUT2D eigenvalue weighted by Gasteiger charge is 2.55. The first kappa shape index (κ1) is 21.4. The first-order valence-electron chi connectivity index (χ1n) is 10.7. The number of hydrogen-bond acceptors (Lipinski definition) is 5. The van der Waals surface area contributed by atoms with Crippen molar-refractivity contribution in [3.8, 4) is 11.4 Å². The average Bonchev–Trinajstić information content (AvgIpc) is 3.31. The molecule has 172 valence electrons. The lowest BCUT2D eigenvalue weighted by Crippen LogP contribution is -2.67. The molecule has 2 saturated heterocycles. The maximum atomic E-state index is 13.7. The lowest BCUT2D eigenvalue weighted by molar-refractivity contribution is -0.137. The minimum atomic E-state index is -4.40. The van der Waals surface area contributed by atoms with Gasteiger partial charge in [0.1, 0.15) is 18.0 Å². The van der Waals surface area contributed by atoms with Crippen molar-refractivity contribution in [3.63, 3.8) is 0 Å². The molecule has 1 saturated carbocycles. The number of aryl methyl sites for hydroxylation is 1. The van der Waals surface area contributed by atoms with Crippen LogP contribution < -0.4 is 4.74 Å². The summed E-state index contributed by atoms with van der Waals surface area (Å²) in [4.78, 5) is 21.4. The van der Waals surface area contributed by atoms with Gasteiger partial charge >= 0.3 is 6.18 Å². The number of pyridine rings is 1. The molecular formula is C23H22F3N5O2. The highest BCUT2D eigenvalue weighted by molar-refractivity contribution is 5.96. The second-order valence-corrected chi connectivity index (χ2v) is 8.69. The van der Waals surface area contributed by atoms with E-state index in [4.69, 9.17) is 4.74 Å². The van der Waals surface area contributed by atoms with Gasteiger partial charge in [-0.25, -0.2) is 4.98 Å². The van der Waals surface area contributed by atoms with Crippen LogP contribution in [0.15, 0.2) is 48.8 Å². The number of ether oxygens (including phenoxy) is 1. The van der Waals surface area contributed by atoms with Gasteiger partial charge in [0.25, 0.3) is 5.91 Å². The number of amides is 1. The first-order chi connectivity index (χ1) is 15.7. The van der Waals surface area contributed by atoms with Crippen molar-refractivity contribution in [2.75, 3.05) is 13.2 Å². The number of carbonyl (C=O) groups excluding carboxylic acids is 1. The third-order valence-corrected chi connectivity index (χ3v) is 6.46. The molecule has 0 unspecified atom stereocenters. The van der Waals surface area contributed by atoms with Gasteiger partial charge in [-0.2, -0.15) is 23.4 Å². The molecule has 3 fully saturated rings. The van der Waals surface area contributed by atoms with Gasteiger partial charge in [-0.15, -0.1) is 4.80 Å². The maximum absolute atomic E-state index is 13.7. The number of nitrogens with zero attached hydrogens (tertiary/aromatic N) is 5. The Bertz CT molecular complexity index is 1160. The normalized spacial score (nSPS) is 22.1. The van der Waals surface area contributed by atoms with E-state index in [9.17, 15) is 18.0 Å². The van der Waals surface area contributed by atoms with E-state index in [0.29, 0.717) is 29.6 Å². The van der Waals surface area contributed by atoms with Crippen LogP contribution in [0.5, 0.6) is 5.75 Å². The van der Waals surface area contributed by atoms with Crippen LogP contribution in [0.3, 0.4) is 0 Å². The van der Waals surface area contributed by atoms with Crippen molar-refractivity contribution in [3.05, 3.63) is 65.7 Å². The Balaban J connectivity index is 1.38. The maximum Gasteiger partial charge on any atom is 0.416 e. The van der Waals surface area contributed by atoms with Crippen molar-refractivity contribution in [2.24, 2.45) is 5.92 Å². The van der Waals surface area contributed by atoms with Gasteiger partial charge in [0.2, 0.25) is 0 Å². The Kier molecular flexibility index (Phi) is 5.10. The summed E-state index contributed by atoms with van der Waals surface area (Å²) in [6.07, 6.45) is 1.15. The zero-order valence-electron chi connectivity index (χ0n) is 17.9. The minimum Gasteiger partial charge on any atom is -0.491 e. The molecule has 0 spiro atoms. The van der Waals surface area contributed by atoms with Crippen molar-refractivity contribution in [1.82, 2.24) is 24.9 Å². The van der Waals surface area contributed by atoms with Crippen LogP contribution >= 0.6 is 0 Å². The number of fused-ring (bicyclic) bond motifs is 2. The SMILES string of the molecule is Cc1ccc(-n2nccn2)c(C(=O)N2CCC3CC2(COc2ccc(C(F)(F)F)cc2)C3)n1. The summed E-state index contributed by atoms with van der Waals surface area (Å²) >= 11 is 0. The number of piperidine rings is 2. The number of benzene rings is 1. The number of aromatic nitrogens is 4. The van der Waals surface area contributed by atoms with Gasteiger partial charge in [0.15, 0.2) is 5.69 Å². The fraction of sp³-hybridized carbons (Fsp3) is 0.391. The molecule has 4 heterocycles. The van der Waals surface area contributed by atoms with Crippen LogP contribution in [0.1, 0.15) is 41.0 Å². The topological polar surface area (TPSA) is 73.1 Å². The Morgan fingerprint density at radius 3 is 2.48 bits per heavy atom. The van der Waals surface area contributed by atoms with Gasteiger partial charge in [-0.1, -0.05) is 0 Å². The van der Waals surface area contributed by atoms with Crippen LogP contribution in [0.2, 0.25) is 0 Å². The molecule has 10 heteroatoms. The van der Waals surface area contributed by atoms with Crippen LogP contribution in [-0.2, 0) is 6.18 Å². The molecule has 2 aliphatic heterocycles. The fourth-order valence-electron chi connectivity index (χ4n) is 4.79. The summed E-state index contributed by atoms with van der Waals surface area (Å²) in [5.74, 6) is 0.636. The number of rotatable bonds is 5. The third kappa shape index (κ3) is 3.94. The molecular weight excluding hydrogens is 435 g/mol. The van der Waals surface area contributed by atoms with E-state index in [-0.39, 0.29) is 18.2 Å². The summed E-state index contributed by atoms with van der Waals surface area (Å²) < 4.78 is 44.4. The summed E-state index contributed by atoms with van der Waals surface area (Å²) in [6.45, 7) is 2.60. The highest BCUT2D eigenvalue weighted by Crippen LogP contribution is 2.49. The van der Waals surface area contributed by atoms with Crippen LogP contribution in [0.25, 0.3) is 5.69 Å². The van der Waals surface area contributed by atoms with Crippen molar-refractivity contribution < 1.29 is 22.7 Å². The van der Waals surface area contributed by atoms with Gasteiger partial charge in [-0.3, -0.25) is 4.79 Å². The highest BCUT2D eigenvalue weighted by atomic mass is 19.4.